The maximum atomic E-state index is 13.1. The molecule has 1 aliphatic carbocycles. The minimum atomic E-state index is -0.531. The predicted octanol–water partition coefficient (Wildman–Crippen LogP) is 2.97. The summed E-state index contributed by atoms with van der Waals surface area (Å²) in [5.74, 6) is -1.16. The first-order chi connectivity index (χ1) is 8.58. The van der Waals surface area contributed by atoms with Gasteiger partial charge in [-0.25, -0.2) is 4.39 Å². The molecule has 0 radical (unpaired) electrons. The molecule has 0 spiro atoms. The zero-order chi connectivity index (χ0) is 13.1. The fourth-order valence-electron chi connectivity index (χ4n) is 2.18. The molecule has 3 nitrogen and oxygen atoms in total. The second-order valence-electron chi connectivity index (χ2n) is 4.54. The summed E-state index contributed by atoms with van der Waals surface area (Å²) in [6.45, 7) is 0. The molecule has 0 heterocycles. The summed E-state index contributed by atoms with van der Waals surface area (Å²) in [6, 6.07) is 3.40. The van der Waals surface area contributed by atoms with Gasteiger partial charge in [0.15, 0.2) is 0 Å². The van der Waals surface area contributed by atoms with Gasteiger partial charge in [0.2, 0.25) is 0 Å². The van der Waals surface area contributed by atoms with Crippen LogP contribution < -0.4 is 5.32 Å². The van der Waals surface area contributed by atoms with E-state index in [0.29, 0.717) is 0 Å². The van der Waals surface area contributed by atoms with E-state index in [1.165, 1.54) is 6.07 Å². The van der Waals surface area contributed by atoms with Gasteiger partial charge in [-0.15, -0.1) is 0 Å². The van der Waals surface area contributed by atoms with Crippen molar-refractivity contribution in [3.8, 4) is 5.75 Å². The van der Waals surface area contributed by atoms with E-state index in [1.54, 1.807) is 0 Å². The smallest absolute Gasteiger partial charge is 0.255 e. The van der Waals surface area contributed by atoms with E-state index >= 15 is 0 Å². The Hall–Kier alpha value is -1.10. The summed E-state index contributed by atoms with van der Waals surface area (Å²) in [4.78, 5) is 12.2. The highest BCUT2D eigenvalue weighted by atomic mass is 79.9. The highest BCUT2D eigenvalue weighted by Gasteiger charge is 2.25. The van der Waals surface area contributed by atoms with Gasteiger partial charge in [0.25, 0.3) is 5.91 Å². The number of hydrogen-bond acceptors (Lipinski definition) is 2. The van der Waals surface area contributed by atoms with Crippen LogP contribution in [0, 0.1) is 5.82 Å². The molecule has 1 saturated carbocycles. The van der Waals surface area contributed by atoms with Crippen LogP contribution >= 0.6 is 15.9 Å². The molecular weight excluding hydrogens is 301 g/mol. The third-order valence-corrected chi connectivity index (χ3v) is 4.30. The first-order valence-electron chi connectivity index (χ1n) is 6.01. The maximum Gasteiger partial charge on any atom is 0.255 e. The molecule has 0 aliphatic heterocycles. The Balaban J connectivity index is 2.09. The fourth-order valence-corrected chi connectivity index (χ4v) is 2.90. The van der Waals surface area contributed by atoms with E-state index in [4.69, 9.17) is 0 Å². The van der Waals surface area contributed by atoms with E-state index < -0.39 is 11.7 Å². The third-order valence-electron chi connectivity index (χ3n) is 3.20. The lowest BCUT2D eigenvalue weighted by Gasteiger charge is -2.28. The molecule has 2 atom stereocenters. The summed E-state index contributed by atoms with van der Waals surface area (Å²) in [7, 11) is 0. The number of amides is 1. The number of phenolic OH excluding ortho intramolecular Hbond substituents is 1. The average Bonchev–Trinajstić information content (AvgIpc) is 2.35. The Kier molecular flexibility index (Phi) is 4.22. The van der Waals surface area contributed by atoms with Crippen LogP contribution in [0.1, 0.15) is 36.0 Å². The van der Waals surface area contributed by atoms with Gasteiger partial charge in [-0.1, -0.05) is 28.8 Å². The molecule has 0 aromatic heterocycles. The monoisotopic (exact) mass is 315 g/mol. The number of halogens is 2. The number of benzene rings is 1. The number of rotatable bonds is 2. The maximum absolute atomic E-state index is 13.1. The van der Waals surface area contributed by atoms with Gasteiger partial charge in [0, 0.05) is 10.9 Å². The highest BCUT2D eigenvalue weighted by Crippen LogP contribution is 2.25. The summed E-state index contributed by atoms with van der Waals surface area (Å²) in [6.07, 6.45) is 4.13. The number of carbonyl (C=O) groups excluding carboxylic acids is 1. The normalized spacial score (nSPS) is 23.7. The molecule has 2 N–H and O–H groups in total. The van der Waals surface area contributed by atoms with Crippen molar-refractivity contribution in [1.29, 1.82) is 0 Å². The van der Waals surface area contributed by atoms with Crippen molar-refractivity contribution in [3.05, 3.63) is 29.6 Å². The zero-order valence-corrected chi connectivity index (χ0v) is 11.4. The molecule has 1 amide bonds. The van der Waals surface area contributed by atoms with Crippen LogP contribution in [-0.4, -0.2) is 21.9 Å². The molecule has 98 valence electrons. The molecule has 5 heteroatoms. The molecule has 0 saturated heterocycles. The van der Waals surface area contributed by atoms with E-state index in [1.807, 2.05) is 0 Å². The summed E-state index contributed by atoms with van der Waals surface area (Å²) < 4.78 is 13.1. The lowest BCUT2D eigenvalue weighted by Crippen LogP contribution is -2.42. The Morgan fingerprint density at radius 1 is 1.39 bits per heavy atom. The standard InChI is InChI=1S/C13H15BrFNO2/c14-10-3-1-2-4-11(10)16-13(18)9-7-8(15)5-6-12(9)17/h5-7,10-11,17H,1-4H2,(H,16,18). The van der Waals surface area contributed by atoms with Gasteiger partial charge in [-0.05, 0) is 31.0 Å². The number of phenols is 1. The molecule has 2 rings (SSSR count). The Bertz CT molecular complexity index is 453. The molecular formula is C13H15BrFNO2. The van der Waals surface area contributed by atoms with Gasteiger partial charge >= 0.3 is 0 Å². The highest BCUT2D eigenvalue weighted by molar-refractivity contribution is 9.09. The minimum absolute atomic E-state index is 0.0136. The largest absolute Gasteiger partial charge is 0.507 e. The zero-order valence-electron chi connectivity index (χ0n) is 9.83. The Labute approximate surface area is 114 Å². The first-order valence-corrected chi connectivity index (χ1v) is 6.93. The van der Waals surface area contributed by atoms with E-state index in [-0.39, 0.29) is 22.2 Å². The van der Waals surface area contributed by atoms with Crippen molar-refractivity contribution in [2.75, 3.05) is 0 Å². The summed E-state index contributed by atoms with van der Waals surface area (Å²) in [5.41, 5.74) is -0.0136. The van der Waals surface area contributed by atoms with Gasteiger partial charge in [-0.3, -0.25) is 4.79 Å². The van der Waals surface area contributed by atoms with E-state index in [0.717, 1.165) is 37.8 Å². The molecule has 1 aromatic rings. The van der Waals surface area contributed by atoms with Crippen molar-refractivity contribution >= 4 is 21.8 Å². The van der Waals surface area contributed by atoms with Crippen LogP contribution in [-0.2, 0) is 0 Å². The van der Waals surface area contributed by atoms with Crippen LogP contribution in [0.5, 0.6) is 5.75 Å². The number of alkyl halides is 1. The molecule has 2 unspecified atom stereocenters. The topological polar surface area (TPSA) is 49.3 Å². The van der Waals surface area contributed by atoms with Gasteiger partial charge in [0.05, 0.1) is 5.56 Å². The SMILES string of the molecule is O=C(NC1CCCCC1Br)c1cc(F)ccc1O. The minimum Gasteiger partial charge on any atom is -0.507 e. The molecule has 18 heavy (non-hydrogen) atoms. The second kappa shape index (κ2) is 5.69. The predicted molar refractivity (Wildman–Crippen MR) is 70.5 cm³/mol. The third kappa shape index (κ3) is 3.02. The Morgan fingerprint density at radius 2 is 2.11 bits per heavy atom. The van der Waals surface area contributed by atoms with Crippen LogP contribution in [0.3, 0.4) is 0 Å². The lowest BCUT2D eigenvalue weighted by atomic mass is 9.95. The van der Waals surface area contributed by atoms with E-state index in [9.17, 15) is 14.3 Å². The van der Waals surface area contributed by atoms with Crippen LogP contribution in [0.4, 0.5) is 4.39 Å². The first kappa shape index (κ1) is 13.3. The van der Waals surface area contributed by atoms with Crippen molar-refractivity contribution in [1.82, 2.24) is 5.32 Å². The average molecular weight is 316 g/mol. The van der Waals surface area contributed by atoms with Crippen LogP contribution in [0.15, 0.2) is 18.2 Å². The van der Waals surface area contributed by atoms with Gasteiger partial charge < -0.3 is 10.4 Å². The summed E-state index contributed by atoms with van der Waals surface area (Å²) in [5, 5.41) is 12.4. The van der Waals surface area contributed by atoms with Gasteiger partial charge in [-0.2, -0.15) is 0 Å². The van der Waals surface area contributed by atoms with Crippen LogP contribution in [0.25, 0.3) is 0 Å². The molecule has 0 bridgehead atoms. The molecule has 1 aliphatic rings. The van der Waals surface area contributed by atoms with Crippen molar-refractivity contribution in [3.63, 3.8) is 0 Å². The quantitative estimate of drug-likeness (QED) is 0.824. The number of nitrogens with one attached hydrogen (secondary N) is 1. The fraction of sp³-hybridized carbons (Fsp3) is 0.462. The molecule has 1 fully saturated rings. The van der Waals surface area contributed by atoms with Crippen molar-refractivity contribution in [2.24, 2.45) is 0 Å². The number of hydrogen-bond donors (Lipinski definition) is 2. The lowest BCUT2D eigenvalue weighted by molar-refractivity contribution is 0.0926. The second-order valence-corrected chi connectivity index (χ2v) is 5.72. The number of carbonyl (C=O) groups is 1. The molecule has 1 aromatic carbocycles. The number of aromatic hydroxyl groups is 1. The van der Waals surface area contributed by atoms with Crippen molar-refractivity contribution in [2.45, 2.75) is 36.6 Å². The van der Waals surface area contributed by atoms with Crippen LogP contribution in [0.2, 0.25) is 0 Å². The van der Waals surface area contributed by atoms with Crippen molar-refractivity contribution < 1.29 is 14.3 Å². The van der Waals surface area contributed by atoms with Gasteiger partial charge in [0.1, 0.15) is 11.6 Å². The Morgan fingerprint density at radius 3 is 2.83 bits per heavy atom. The summed E-state index contributed by atoms with van der Waals surface area (Å²) >= 11 is 3.54. The van der Waals surface area contributed by atoms with E-state index in [2.05, 4.69) is 21.2 Å².